The van der Waals surface area contributed by atoms with Gasteiger partial charge in [0.15, 0.2) is 5.76 Å². The highest BCUT2D eigenvalue weighted by Crippen LogP contribution is 2.40. The largest absolute Gasteiger partial charge is 0.462 e. The Labute approximate surface area is 208 Å². The second kappa shape index (κ2) is 10.9. The van der Waals surface area contributed by atoms with E-state index < -0.39 is 5.97 Å². The van der Waals surface area contributed by atoms with Gasteiger partial charge in [0.25, 0.3) is 5.91 Å². The van der Waals surface area contributed by atoms with Gasteiger partial charge in [-0.3, -0.25) is 14.5 Å². The Balaban J connectivity index is 1.42. The first-order valence-electron chi connectivity index (χ1n) is 11.6. The number of anilines is 1. The molecular formula is C26H29N3O5S. The van der Waals surface area contributed by atoms with Crippen molar-refractivity contribution in [3.05, 3.63) is 64.4 Å². The fraction of sp³-hybridized carbons (Fsp3) is 0.346. The summed E-state index contributed by atoms with van der Waals surface area (Å²) in [5.41, 5.74) is 2.07. The third kappa shape index (κ3) is 5.63. The smallest absolute Gasteiger partial charge is 0.341 e. The van der Waals surface area contributed by atoms with Crippen molar-refractivity contribution in [1.29, 1.82) is 0 Å². The monoisotopic (exact) mass is 495 g/mol. The average Bonchev–Trinajstić information content (AvgIpc) is 3.42. The molecule has 2 amide bonds. The van der Waals surface area contributed by atoms with Crippen LogP contribution in [0.2, 0.25) is 0 Å². The zero-order valence-corrected chi connectivity index (χ0v) is 20.9. The molecule has 1 aliphatic heterocycles. The Morgan fingerprint density at radius 1 is 1.03 bits per heavy atom. The van der Waals surface area contributed by atoms with Gasteiger partial charge in [-0.1, -0.05) is 30.3 Å². The number of amides is 2. The van der Waals surface area contributed by atoms with Gasteiger partial charge in [0, 0.05) is 36.6 Å². The number of hydrogen-bond acceptors (Lipinski definition) is 7. The molecule has 3 aromatic rings. The van der Waals surface area contributed by atoms with Gasteiger partial charge >= 0.3 is 5.97 Å². The minimum Gasteiger partial charge on any atom is -0.462 e. The molecule has 1 N–H and O–H groups in total. The summed E-state index contributed by atoms with van der Waals surface area (Å²) in [6.45, 7) is 8.07. The van der Waals surface area contributed by atoms with Gasteiger partial charge in [0.2, 0.25) is 5.91 Å². The number of nitrogens with zero attached hydrogens (tertiary/aromatic N) is 2. The zero-order valence-electron chi connectivity index (χ0n) is 20.1. The summed E-state index contributed by atoms with van der Waals surface area (Å²) >= 11 is 1.37. The number of benzene rings is 1. The molecule has 1 saturated heterocycles. The SMILES string of the molecule is CCOC(=O)c1c(NC(=O)CN2CCN(C(=O)c3ccc(C)o3)CC2)sc(C)c1-c1ccccc1. The van der Waals surface area contributed by atoms with Crippen LogP contribution >= 0.6 is 11.3 Å². The van der Waals surface area contributed by atoms with Crippen LogP contribution in [-0.2, 0) is 9.53 Å². The third-order valence-corrected chi connectivity index (χ3v) is 6.88. The molecule has 0 atom stereocenters. The maximum absolute atomic E-state index is 12.9. The van der Waals surface area contributed by atoms with Gasteiger partial charge in [-0.2, -0.15) is 0 Å². The molecule has 0 spiro atoms. The molecule has 0 bridgehead atoms. The average molecular weight is 496 g/mol. The van der Waals surface area contributed by atoms with Gasteiger partial charge in [-0.05, 0) is 38.5 Å². The van der Waals surface area contributed by atoms with Crippen molar-refractivity contribution < 1.29 is 23.5 Å². The Morgan fingerprint density at radius 2 is 1.74 bits per heavy atom. The second-order valence-electron chi connectivity index (χ2n) is 8.35. The van der Waals surface area contributed by atoms with E-state index in [-0.39, 0.29) is 25.0 Å². The van der Waals surface area contributed by atoms with Crippen molar-refractivity contribution in [1.82, 2.24) is 9.80 Å². The van der Waals surface area contributed by atoms with Gasteiger partial charge < -0.3 is 19.4 Å². The molecule has 35 heavy (non-hydrogen) atoms. The van der Waals surface area contributed by atoms with Crippen molar-refractivity contribution in [2.75, 3.05) is 44.6 Å². The van der Waals surface area contributed by atoms with E-state index in [0.29, 0.717) is 48.3 Å². The van der Waals surface area contributed by atoms with Crippen molar-refractivity contribution in [2.45, 2.75) is 20.8 Å². The Kier molecular flexibility index (Phi) is 7.67. The Morgan fingerprint density at radius 3 is 2.37 bits per heavy atom. The lowest BCUT2D eigenvalue weighted by Crippen LogP contribution is -2.50. The van der Waals surface area contributed by atoms with Crippen LogP contribution in [0.1, 0.15) is 38.5 Å². The molecule has 0 saturated carbocycles. The predicted octanol–water partition coefficient (Wildman–Crippen LogP) is 4.20. The molecule has 184 valence electrons. The van der Waals surface area contributed by atoms with E-state index in [4.69, 9.17) is 9.15 Å². The van der Waals surface area contributed by atoms with E-state index in [1.807, 2.05) is 42.2 Å². The van der Waals surface area contributed by atoms with Crippen LogP contribution in [0.3, 0.4) is 0 Å². The van der Waals surface area contributed by atoms with Gasteiger partial charge in [0.1, 0.15) is 16.3 Å². The Bertz CT molecular complexity index is 1210. The minimum atomic E-state index is -0.453. The summed E-state index contributed by atoms with van der Waals surface area (Å²) in [6.07, 6.45) is 0. The molecule has 8 nitrogen and oxygen atoms in total. The van der Waals surface area contributed by atoms with Gasteiger partial charge in [0.05, 0.1) is 13.2 Å². The van der Waals surface area contributed by atoms with Crippen molar-refractivity contribution in [3.8, 4) is 11.1 Å². The maximum atomic E-state index is 12.9. The summed E-state index contributed by atoms with van der Waals surface area (Å²) < 4.78 is 10.8. The van der Waals surface area contributed by atoms with Crippen molar-refractivity contribution in [2.24, 2.45) is 0 Å². The first-order valence-corrected chi connectivity index (χ1v) is 12.4. The molecule has 2 aromatic heterocycles. The molecule has 1 fully saturated rings. The number of furan rings is 1. The van der Waals surface area contributed by atoms with E-state index in [1.165, 1.54) is 11.3 Å². The summed E-state index contributed by atoms with van der Waals surface area (Å²) in [5.74, 6) is 0.237. The van der Waals surface area contributed by atoms with Gasteiger partial charge in [-0.25, -0.2) is 4.79 Å². The molecule has 0 radical (unpaired) electrons. The fourth-order valence-corrected chi connectivity index (χ4v) is 5.25. The molecule has 0 unspecified atom stereocenters. The second-order valence-corrected chi connectivity index (χ2v) is 9.58. The summed E-state index contributed by atoms with van der Waals surface area (Å²) in [5, 5.41) is 3.42. The lowest BCUT2D eigenvalue weighted by molar-refractivity contribution is -0.117. The highest BCUT2D eigenvalue weighted by Gasteiger charge is 2.28. The van der Waals surface area contributed by atoms with Crippen LogP contribution in [0, 0.1) is 13.8 Å². The summed E-state index contributed by atoms with van der Waals surface area (Å²) in [4.78, 5) is 43.0. The Hall–Kier alpha value is -3.43. The van der Waals surface area contributed by atoms with Crippen LogP contribution in [0.25, 0.3) is 11.1 Å². The number of carbonyl (C=O) groups excluding carboxylic acids is 3. The number of nitrogens with one attached hydrogen (secondary N) is 1. The van der Waals surface area contributed by atoms with Crippen LogP contribution < -0.4 is 5.32 Å². The molecule has 9 heteroatoms. The minimum absolute atomic E-state index is 0.135. The topological polar surface area (TPSA) is 92.1 Å². The molecule has 0 aliphatic carbocycles. The quantitative estimate of drug-likeness (QED) is 0.494. The van der Waals surface area contributed by atoms with E-state index in [0.717, 1.165) is 16.0 Å². The summed E-state index contributed by atoms with van der Waals surface area (Å²) in [6, 6.07) is 13.1. The molecule has 1 aliphatic rings. The van der Waals surface area contributed by atoms with E-state index in [2.05, 4.69) is 5.32 Å². The van der Waals surface area contributed by atoms with E-state index >= 15 is 0 Å². The number of rotatable bonds is 7. The lowest BCUT2D eigenvalue weighted by Gasteiger charge is -2.33. The first kappa shape index (κ1) is 24.7. The van der Waals surface area contributed by atoms with Gasteiger partial charge in [-0.15, -0.1) is 11.3 Å². The maximum Gasteiger partial charge on any atom is 0.341 e. The van der Waals surface area contributed by atoms with Crippen molar-refractivity contribution >= 4 is 34.1 Å². The van der Waals surface area contributed by atoms with Crippen LogP contribution in [0.15, 0.2) is 46.9 Å². The highest BCUT2D eigenvalue weighted by molar-refractivity contribution is 7.17. The normalized spacial score (nSPS) is 14.1. The number of hydrogen-bond donors (Lipinski definition) is 1. The number of thiophene rings is 1. The molecular weight excluding hydrogens is 466 g/mol. The first-order chi connectivity index (χ1) is 16.9. The number of piperazine rings is 1. The fourth-order valence-electron chi connectivity index (χ4n) is 4.17. The molecule has 3 heterocycles. The predicted molar refractivity (Wildman–Crippen MR) is 135 cm³/mol. The molecule has 1 aromatic carbocycles. The number of carbonyl (C=O) groups is 3. The van der Waals surface area contributed by atoms with E-state index in [9.17, 15) is 14.4 Å². The lowest BCUT2D eigenvalue weighted by atomic mass is 10.0. The van der Waals surface area contributed by atoms with Crippen LogP contribution in [0.5, 0.6) is 0 Å². The van der Waals surface area contributed by atoms with Crippen LogP contribution in [0.4, 0.5) is 5.00 Å². The number of ether oxygens (including phenoxy) is 1. The third-order valence-electron chi connectivity index (χ3n) is 5.86. The highest BCUT2D eigenvalue weighted by atomic mass is 32.1. The number of aryl methyl sites for hydroxylation is 2. The number of esters is 1. The van der Waals surface area contributed by atoms with E-state index in [1.54, 1.807) is 30.9 Å². The zero-order chi connectivity index (χ0) is 24.9. The van der Waals surface area contributed by atoms with Crippen LogP contribution in [-0.4, -0.2) is 66.9 Å². The summed E-state index contributed by atoms with van der Waals surface area (Å²) in [7, 11) is 0. The van der Waals surface area contributed by atoms with Crippen molar-refractivity contribution in [3.63, 3.8) is 0 Å². The molecule has 4 rings (SSSR count). The standard InChI is InChI=1S/C26H29N3O5S/c1-4-33-26(32)23-22(19-8-6-5-7-9-19)18(3)35-24(23)27-21(30)16-28-12-14-29(15-13-28)25(31)20-11-10-17(2)34-20/h5-11H,4,12-16H2,1-3H3,(H,27,30).